The maximum atomic E-state index is 11.2. The lowest BCUT2D eigenvalue weighted by atomic mass is 10.1. The smallest absolute Gasteiger partial charge is 0.325 e. The Balaban J connectivity index is 3.28. The average molecular weight is 219 g/mol. The lowest BCUT2D eigenvalue weighted by Gasteiger charge is -2.16. The second-order valence-corrected chi connectivity index (χ2v) is 3.67. The molecule has 0 aliphatic rings. The van der Waals surface area contributed by atoms with Crippen molar-refractivity contribution in [3.63, 3.8) is 0 Å². The van der Waals surface area contributed by atoms with Gasteiger partial charge in [0.2, 0.25) is 0 Å². The number of hydrogen-bond donors (Lipinski definition) is 1. The molecule has 0 bridgehead atoms. The van der Waals surface area contributed by atoms with Crippen LogP contribution in [0.25, 0.3) is 0 Å². The van der Waals surface area contributed by atoms with Gasteiger partial charge in [0.25, 0.3) is 0 Å². The normalized spacial score (nSPS) is 11.5. The van der Waals surface area contributed by atoms with Crippen molar-refractivity contribution < 1.29 is 19.0 Å². The van der Waals surface area contributed by atoms with Crippen LogP contribution in [0.1, 0.15) is 20.8 Å². The third-order valence-corrected chi connectivity index (χ3v) is 1.56. The summed E-state index contributed by atoms with van der Waals surface area (Å²) < 4.78 is 15.1. The first-order valence-corrected chi connectivity index (χ1v) is 5.10. The highest BCUT2D eigenvalue weighted by Gasteiger charge is 2.23. The van der Waals surface area contributed by atoms with Crippen molar-refractivity contribution >= 4 is 5.97 Å². The molecule has 0 aromatic rings. The Labute approximate surface area is 90.9 Å². The van der Waals surface area contributed by atoms with Gasteiger partial charge >= 0.3 is 5.97 Å². The van der Waals surface area contributed by atoms with E-state index < -0.39 is 11.5 Å². The van der Waals surface area contributed by atoms with Crippen molar-refractivity contribution in [2.75, 3.05) is 33.0 Å². The van der Waals surface area contributed by atoms with E-state index in [1.54, 1.807) is 13.8 Å². The fourth-order valence-corrected chi connectivity index (χ4v) is 0.744. The summed E-state index contributed by atoms with van der Waals surface area (Å²) in [6.45, 7) is 7.48. The third-order valence-electron chi connectivity index (χ3n) is 1.56. The zero-order valence-corrected chi connectivity index (χ0v) is 9.75. The zero-order valence-electron chi connectivity index (χ0n) is 9.75. The molecule has 5 heteroatoms. The molecule has 0 saturated heterocycles. The fraction of sp³-hybridized carbons (Fsp3) is 0.900. The predicted molar refractivity (Wildman–Crippen MR) is 56.5 cm³/mol. The van der Waals surface area contributed by atoms with Crippen LogP contribution in [0.2, 0.25) is 0 Å². The standard InChI is InChI=1S/C10H21NO4/c1-4-13-5-6-14-7-8-15-9(12)10(2,3)11/h4-8,11H2,1-3H3. The Morgan fingerprint density at radius 1 is 1.13 bits per heavy atom. The van der Waals surface area contributed by atoms with Crippen LogP contribution in [-0.4, -0.2) is 44.5 Å². The molecule has 0 aliphatic carbocycles. The van der Waals surface area contributed by atoms with Crippen LogP contribution in [0.15, 0.2) is 0 Å². The molecule has 0 fully saturated rings. The maximum absolute atomic E-state index is 11.2. The molecule has 0 rings (SSSR count). The van der Waals surface area contributed by atoms with Crippen LogP contribution in [0, 0.1) is 0 Å². The summed E-state index contributed by atoms with van der Waals surface area (Å²) in [7, 11) is 0. The molecule has 0 aromatic heterocycles. The Morgan fingerprint density at radius 2 is 1.67 bits per heavy atom. The van der Waals surface area contributed by atoms with Gasteiger partial charge in [-0.1, -0.05) is 0 Å². The third kappa shape index (κ3) is 8.35. The van der Waals surface area contributed by atoms with Crippen molar-refractivity contribution in [2.24, 2.45) is 5.73 Å². The minimum atomic E-state index is -0.939. The number of hydrogen-bond acceptors (Lipinski definition) is 5. The molecule has 5 nitrogen and oxygen atoms in total. The number of carbonyl (C=O) groups is 1. The first-order valence-electron chi connectivity index (χ1n) is 5.10. The fourth-order valence-electron chi connectivity index (χ4n) is 0.744. The Kier molecular flexibility index (Phi) is 7.29. The molecular weight excluding hydrogens is 198 g/mol. The molecule has 90 valence electrons. The van der Waals surface area contributed by atoms with Crippen molar-refractivity contribution in [1.82, 2.24) is 0 Å². The molecular formula is C10H21NO4. The highest BCUT2D eigenvalue weighted by Crippen LogP contribution is 1.99. The van der Waals surface area contributed by atoms with Gasteiger partial charge < -0.3 is 19.9 Å². The maximum Gasteiger partial charge on any atom is 0.325 e. The Bertz CT molecular complexity index is 177. The van der Waals surface area contributed by atoms with E-state index in [1.165, 1.54) is 0 Å². The molecule has 0 aliphatic heterocycles. The van der Waals surface area contributed by atoms with E-state index >= 15 is 0 Å². The van der Waals surface area contributed by atoms with E-state index in [0.29, 0.717) is 26.4 Å². The molecule has 0 spiro atoms. The van der Waals surface area contributed by atoms with Crippen LogP contribution < -0.4 is 5.73 Å². The predicted octanol–water partition coefficient (Wildman–Crippen LogP) is 0.320. The van der Waals surface area contributed by atoms with Crippen LogP contribution in [0.4, 0.5) is 0 Å². The number of rotatable bonds is 8. The first kappa shape index (κ1) is 14.3. The highest BCUT2D eigenvalue weighted by molar-refractivity contribution is 5.79. The second kappa shape index (κ2) is 7.62. The van der Waals surface area contributed by atoms with E-state index in [2.05, 4.69) is 0 Å². The summed E-state index contributed by atoms with van der Waals surface area (Å²) in [6.07, 6.45) is 0. The molecule has 0 heterocycles. The van der Waals surface area contributed by atoms with Crippen molar-refractivity contribution in [1.29, 1.82) is 0 Å². The van der Waals surface area contributed by atoms with Crippen molar-refractivity contribution in [3.05, 3.63) is 0 Å². The number of esters is 1. The Hall–Kier alpha value is -0.650. The molecule has 0 amide bonds. The summed E-state index contributed by atoms with van der Waals surface area (Å²) in [5.41, 5.74) is 4.58. The summed E-state index contributed by atoms with van der Waals surface area (Å²) in [6, 6.07) is 0. The molecule has 0 aromatic carbocycles. The number of nitrogens with two attached hydrogens (primary N) is 1. The first-order chi connectivity index (χ1) is 6.98. The lowest BCUT2D eigenvalue weighted by molar-refractivity contribution is -0.150. The minimum Gasteiger partial charge on any atom is -0.462 e. The number of ether oxygens (including phenoxy) is 3. The van der Waals surface area contributed by atoms with Crippen LogP contribution in [0.5, 0.6) is 0 Å². The van der Waals surface area contributed by atoms with Crippen molar-refractivity contribution in [3.8, 4) is 0 Å². The van der Waals surface area contributed by atoms with E-state index in [0.717, 1.165) is 0 Å². The van der Waals surface area contributed by atoms with Gasteiger partial charge in [-0.25, -0.2) is 0 Å². The van der Waals surface area contributed by atoms with Crippen LogP contribution in [0.3, 0.4) is 0 Å². The molecule has 2 N–H and O–H groups in total. The monoisotopic (exact) mass is 219 g/mol. The summed E-state index contributed by atoms with van der Waals surface area (Å²) >= 11 is 0. The molecule has 0 radical (unpaired) electrons. The summed E-state index contributed by atoms with van der Waals surface area (Å²) in [4.78, 5) is 11.2. The van der Waals surface area contributed by atoms with Crippen LogP contribution in [-0.2, 0) is 19.0 Å². The van der Waals surface area contributed by atoms with Gasteiger partial charge in [0.1, 0.15) is 12.1 Å². The molecule has 0 atom stereocenters. The molecule has 0 saturated carbocycles. The van der Waals surface area contributed by atoms with Gasteiger partial charge in [-0.05, 0) is 20.8 Å². The van der Waals surface area contributed by atoms with Crippen molar-refractivity contribution in [2.45, 2.75) is 26.3 Å². The van der Waals surface area contributed by atoms with Gasteiger partial charge in [0.05, 0.1) is 19.8 Å². The van der Waals surface area contributed by atoms with E-state index in [1.807, 2.05) is 6.92 Å². The lowest BCUT2D eigenvalue weighted by Crippen LogP contribution is -2.43. The topological polar surface area (TPSA) is 70.8 Å². The average Bonchev–Trinajstić information content (AvgIpc) is 2.14. The summed E-state index contributed by atoms with van der Waals surface area (Å²) in [5.74, 6) is -0.420. The van der Waals surface area contributed by atoms with Gasteiger partial charge in [-0.15, -0.1) is 0 Å². The van der Waals surface area contributed by atoms with Gasteiger partial charge in [-0.3, -0.25) is 4.79 Å². The van der Waals surface area contributed by atoms with Gasteiger partial charge in [0.15, 0.2) is 0 Å². The van der Waals surface area contributed by atoms with E-state index in [4.69, 9.17) is 19.9 Å². The van der Waals surface area contributed by atoms with Gasteiger partial charge in [0, 0.05) is 6.61 Å². The zero-order chi connectivity index (χ0) is 11.7. The second-order valence-electron chi connectivity index (χ2n) is 3.67. The largest absolute Gasteiger partial charge is 0.462 e. The van der Waals surface area contributed by atoms with E-state index in [-0.39, 0.29) is 6.61 Å². The minimum absolute atomic E-state index is 0.228. The SMILES string of the molecule is CCOCCOCCOC(=O)C(C)(C)N. The van der Waals surface area contributed by atoms with Crippen LogP contribution >= 0.6 is 0 Å². The van der Waals surface area contributed by atoms with Gasteiger partial charge in [-0.2, -0.15) is 0 Å². The Morgan fingerprint density at radius 3 is 2.20 bits per heavy atom. The summed E-state index contributed by atoms with van der Waals surface area (Å²) in [5, 5.41) is 0. The quantitative estimate of drug-likeness (QED) is 0.470. The molecule has 15 heavy (non-hydrogen) atoms. The highest BCUT2D eigenvalue weighted by atomic mass is 16.6. The number of carbonyl (C=O) groups excluding carboxylic acids is 1. The van der Waals surface area contributed by atoms with E-state index in [9.17, 15) is 4.79 Å². The molecule has 0 unspecified atom stereocenters.